The Hall–Kier alpha value is -3.02. The van der Waals surface area contributed by atoms with Crippen LogP contribution in [-0.2, 0) is 20.7 Å². The van der Waals surface area contributed by atoms with Gasteiger partial charge in [-0.25, -0.2) is 14.8 Å². The smallest absolute Gasteiger partial charge is 0.335 e. The molecule has 2 aromatic rings. The van der Waals surface area contributed by atoms with Gasteiger partial charge in [-0.3, -0.25) is 4.79 Å². The summed E-state index contributed by atoms with van der Waals surface area (Å²) in [6.45, 7) is 5.54. The number of esters is 2. The first-order valence-electron chi connectivity index (χ1n) is 12.4. The lowest BCUT2D eigenvalue weighted by atomic mass is 10.1. The lowest BCUT2D eigenvalue weighted by molar-refractivity contribution is -0.145. The fourth-order valence-electron chi connectivity index (χ4n) is 3.60. The van der Waals surface area contributed by atoms with E-state index >= 15 is 0 Å². The molecule has 1 aromatic heterocycles. The maximum Gasteiger partial charge on any atom is 0.335 e. The van der Waals surface area contributed by atoms with Gasteiger partial charge in [0, 0.05) is 18.6 Å². The first-order chi connectivity index (χ1) is 16.5. The van der Waals surface area contributed by atoms with Crippen molar-refractivity contribution >= 4 is 11.9 Å². The molecule has 2 rings (SSSR count). The van der Waals surface area contributed by atoms with Crippen molar-refractivity contribution in [3.05, 3.63) is 54.4 Å². The highest BCUT2D eigenvalue weighted by molar-refractivity contribution is 5.83. The molecule has 0 saturated carbocycles. The van der Waals surface area contributed by atoms with Crippen LogP contribution in [0, 0.1) is 0 Å². The van der Waals surface area contributed by atoms with Crippen LogP contribution in [0.2, 0.25) is 0 Å². The molecule has 6 heteroatoms. The minimum atomic E-state index is -0.411. The van der Waals surface area contributed by atoms with Crippen LogP contribution in [0.5, 0.6) is 5.75 Å². The van der Waals surface area contributed by atoms with Crippen molar-refractivity contribution in [2.24, 2.45) is 0 Å². The van der Waals surface area contributed by atoms with Crippen LogP contribution in [0.3, 0.4) is 0 Å². The number of ether oxygens (including phenoxy) is 2. The molecule has 1 heterocycles. The summed E-state index contributed by atoms with van der Waals surface area (Å²) in [5.41, 5.74) is 2.03. The Morgan fingerprint density at radius 1 is 0.971 bits per heavy atom. The number of hydrogen-bond acceptors (Lipinski definition) is 6. The van der Waals surface area contributed by atoms with Crippen LogP contribution in [0.1, 0.15) is 84.1 Å². The van der Waals surface area contributed by atoms with Gasteiger partial charge in [0.1, 0.15) is 0 Å². The van der Waals surface area contributed by atoms with Gasteiger partial charge in [-0.05, 0) is 38.2 Å². The number of unbranched alkanes of at least 4 members (excludes halogenated alkanes) is 7. The van der Waals surface area contributed by atoms with E-state index in [1.54, 1.807) is 0 Å². The summed E-state index contributed by atoms with van der Waals surface area (Å²) in [6.07, 6.45) is 17.5. The van der Waals surface area contributed by atoms with E-state index in [4.69, 9.17) is 9.47 Å². The van der Waals surface area contributed by atoms with E-state index in [9.17, 15) is 9.59 Å². The molecule has 0 radical (unpaired) electrons. The molecule has 0 N–H and O–H groups in total. The third-order valence-electron chi connectivity index (χ3n) is 5.49. The van der Waals surface area contributed by atoms with Gasteiger partial charge < -0.3 is 9.47 Å². The van der Waals surface area contributed by atoms with E-state index in [0.717, 1.165) is 36.8 Å². The van der Waals surface area contributed by atoms with Crippen LogP contribution in [0.15, 0.2) is 48.8 Å². The fourth-order valence-corrected chi connectivity index (χ4v) is 3.60. The van der Waals surface area contributed by atoms with E-state index in [1.807, 2.05) is 37.3 Å². The van der Waals surface area contributed by atoms with Gasteiger partial charge in [0.15, 0.2) is 11.6 Å². The number of hydrogen-bond donors (Lipinski definition) is 0. The zero-order chi connectivity index (χ0) is 24.6. The first-order valence-corrected chi connectivity index (χ1v) is 12.4. The standard InChI is InChI=1S/C28H38N2O4/c1-4-5-6-7-8-9-10-11-12-13-27(32)34-26-20-29-28(30-21-26)25-18-16-24(17-19-25)15-14-22(2)33-23(3)31/h12-13,16-22H,4-11,14-15H2,1-3H3/b13-12+. The third kappa shape index (κ3) is 11.2. The number of allylic oxidation sites excluding steroid dienone is 1. The highest BCUT2D eigenvalue weighted by Crippen LogP contribution is 2.19. The summed E-state index contributed by atoms with van der Waals surface area (Å²) in [7, 11) is 0. The number of nitrogens with zero attached hydrogens (tertiary/aromatic N) is 2. The molecule has 1 unspecified atom stereocenters. The van der Waals surface area contributed by atoms with Gasteiger partial charge in [0.05, 0.1) is 18.5 Å². The zero-order valence-electron chi connectivity index (χ0n) is 20.8. The van der Waals surface area contributed by atoms with Crippen LogP contribution in [0.25, 0.3) is 11.4 Å². The van der Waals surface area contributed by atoms with E-state index in [2.05, 4.69) is 16.9 Å². The average Bonchev–Trinajstić information content (AvgIpc) is 2.82. The number of carbonyl (C=O) groups is 2. The maximum absolute atomic E-state index is 12.0. The summed E-state index contributed by atoms with van der Waals surface area (Å²) in [4.78, 5) is 31.6. The van der Waals surface area contributed by atoms with Crippen molar-refractivity contribution in [1.29, 1.82) is 0 Å². The van der Waals surface area contributed by atoms with Crippen molar-refractivity contribution < 1.29 is 19.1 Å². The molecule has 1 atom stereocenters. The Balaban J connectivity index is 1.72. The molecule has 0 fully saturated rings. The SMILES string of the molecule is CCCCCCCCC/C=C/C(=O)Oc1cnc(-c2ccc(CCC(C)OC(C)=O)cc2)nc1. The number of carbonyl (C=O) groups excluding carboxylic acids is 2. The highest BCUT2D eigenvalue weighted by Gasteiger charge is 2.08. The van der Waals surface area contributed by atoms with Gasteiger partial charge >= 0.3 is 11.9 Å². The molecule has 0 aliphatic carbocycles. The summed E-state index contributed by atoms with van der Waals surface area (Å²) in [6, 6.07) is 7.95. The summed E-state index contributed by atoms with van der Waals surface area (Å²) in [5, 5.41) is 0. The molecular weight excluding hydrogens is 428 g/mol. The van der Waals surface area contributed by atoms with Crippen LogP contribution >= 0.6 is 0 Å². The van der Waals surface area contributed by atoms with Gasteiger partial charge in [-0.15, -0.1) is 0 Å². The van der Waals surface area contributed by atoms with E-state index in [1.165, 1.54) is 63.9 Å². The van der Waals surface area contributed by atoms with Crippen molar-refractivity contribution in [1.82, 2.24) is 9.97 Å². The van der Waals surface area contributed by atoms with E-state index < -0.39 is 5.97 Å². The van der Waals surface area contributed by atoms with E-state index in [0.29, 0.717) is 11.6 Å². The van der Waals surface area contributed by atoms with Crippen LogP contribution in [-0.4, -0.2) is 28.0 Å². The number of benzene rings is 1. The number of aromatic nitrogens is 2. The number of aryl methyl sites for hydroxylation is 1. The Morgan fingerprint density at radius 3 is 2.26 bits per heavy atom. The molecule has 0 aliphatic rings. The summed E-state index contributed by atoms with van der Waals surface area (Å²) in [5.74, 6) is 0.222. The summed E-state index contributed by atoms with van der Waals surface area (Å²) < 4.78 is 10.4. The Kier molecular flexibility index (Phi) is 12.6. The molecule has 0 spiro atoms. The first kappa shape index (κ1) is 27.2. The second-order valence-electron chi connectivity index (χ2n) is 8.63. The lowest BCUT2D eigenvalue weighted by Gasteiger charge is -2.11. The van der Waals surface area contributed by atoms with Crippen LogP contribution in [0.4, 0.5) is 0 Å². The average molecular weight is 467 g/mol. The maximum atomic E-state index is 12.0. The van der Waals surface area contributed by atoms with Crippen molar-refractivity contribution in [2.75, 3.05) is 0 Å². The van der Waals surface area contributed by atoms with Gasteiger partial charge in [-0.2, -0.15) is 0 Å². The molecule has 1 aromatic carbocycles. The third-order valence-corrected chi connectivity index (χ3v) is 5.49. The normalized spacial score (nSPS) is 12.0. The van der Waals surface area contributed by atoms with Gasteiger partial charge in [0.25, 0.3) is 0 Å². The molecule has 184 valence electrons. The predicted octanol–water partition coefficient (Wildman–Crippen LogP) is 6.63. The lowest BCUT2D eigenvalue weighted by Crippen LogP contribution is -2.12. The second kappa shape index (κ2) is 15.8. The van der Waals surface area contributed by atoms with Gasteiger partial charge in [-0.1, -0.05) is 75.8 Å². The predicted molar refractivity (Wildman–Crippen MR) is 134 cm³/mol. The summed E-state index contributed by atoms with van der Waals surface area (Å²) >= 11 is 0. The molecule has 34 heavy (non-hydrogen) atoms. The zero-order valence-corrected chi connectivity index (χ0v) is 20.8. The minimum absolute atomic E-state index is 0.106. The quantitative estimate of drug-likeness (QED) is 0.166. The fraction of sp³-hybridized carbons (Fsp3) is 0.500. The largest absolute Gasteiger partial charge is 0.463 e. The Morgan fingerprint density at radius 2 is 1.62 bits per heavy atom. The van der Waals surface area contributed by atoms with Gasteiger partial charge in [0.2, 0.25) is 0 Å². The van der Waals surface area contributed by atoms with Crippen molar-refractivity contribution in [3.63, 3.8) is 0 Å². The monoisotopic (exact) mass is 466 g/mol. The van der Waals surface area contributed by atoms with Crippen molar-refractivity contribution in [3.8, 4) is 17.1 Å². The molecular formula is C28H38N2O4. The molecule has 0 amide bonds. The minimum Gasteiger partial charge on any atom is -0.463 e. The highest BCUT2D eigenvalue weighted by atomic mass is 16.5. The Labute approximate surface area is 203 Å². The molecule has 6 nitrogen and oxygen atoms in total. The number of rotatable bonds is 15. The van der Waals surface area contributed by atoms with Crippen molar-refractivity contribution in [2.45, 2.75) is 91.1 Å². The topological polar surface area (TPSA) is 78.4 Å². The Bertz CT molecular complexity index is 892. The molecule has 0 bridgehead atoms. The van der Waals surface area contributed by atoms with Crippen LogP contribution < -0.4 is 4.74 Å². The molecule has 0 aliphatic heterocycles. The second-order valence-corrected chi connectivity index (χ2v) is 8.63. The molecule has 0 saturated heterocycles. The van der Waals surface area contributed by atoms with E-state index in [-0.39, 0.29) is 12.1 Å².